The van der Waals surface area contributed by atoms with Crippen molar-refractivity contribution in [2.24, 2.45) is 0 Å². The highest BCUT2D eigenvalue weighted by atomic mass is 16.4. The zero-order chi connectivity index (χ0) is 7.28. The maximum atomic E-state index is 10.3. The third-order valence-electron chi connectivity index (χ3n) is 0.751. The van der Waals surface area contributed by atoms with E-state index in [-0.39, 0.29) is 12.1 Å². The Balaban J connectivity index is 0. The highest BCUT2D eigenvalue weighted by molar-refractivity contribution is 5.80. The maximum Gasteiger partial charge on any atom is 0.220 e. The molecule has 0 aliphatic heterocycles. The van der Waals surface area contributed by atoms with Gasteiger partial charge in [0.05, 0.1) is 12.5 Å². The summed E-state index contributed by atoms with van der Waals surface area (Å²) >= 11 is 0. The topological polar surface area (TPSA) is 106 Å². The summed E-state index contributed by atoms with van der Waals surface area (Å²) in [7, 11) is 0. The molecule has 0 bridgehead atoms. The number of aliphatic carboxylic acids is 1. The molecule has 0 atom stereocenters. The number of hydrogen-bond donors (Lipinski definition) is 2. The molecule has 1 amide bonds. The molecule has 0 rings (SSSR count). The van der Waals surface area contributed by atoms with Crippen LogP contribution in [0.3, 0.4) is 0 Å². The Labute approximate surface area is 59.0 Å². The number of carboxylic acids is 1. The van der Waals surface area contributed by atoms with E-state index in [2.05, 4.69) is 5.32 Å². The van der Waals surface area contributed by atoms with E-state index in [1.807, 2.05) is 0 Å². The van der Waals surface area contributed by atoms with Gasteiger partial charge in [0.1, 0.15) is 0 Å². The van der Waals surface area contributed by atoms with Crippen molar-refractivity contribution in [3.63, 3.8) is 0 Å². The minimum absolute atomic E-state index is 0. The van der Waals surface area contributed by atoms with E-state index in [1.54, 1.807) is 6.92 Å². The Bertz CT molecular complexity index is 124. The van der Waals surface area contributed by atoms with Crippen LogP contribution in [0, 0.1) is 0 Å². The molecule has 60 valence electrons. The van der Waals surface area contributed by atoms with Gasteiger partial charge in [-0.1, -0.05) is 6.92 Å². The smallest absolute Gasteiger partial charge is 0.220 e. The molecule has 0 saturated carbocycles. The quantitative estimate of drug-likeness (QED) is 0.516. The molecule has 0 heterocycles. The van der Waals surface area contributed by atoms with Crippen LogP contribution in [0.2, 0.25) is 0 Å². The van der Waals surface area contributed by atoms with Crippen molar-refractivity contribution in [1.29, 1.82) is 0 Å². The number of rotatable bonds is 3. The molecule has 0 radical (unpaired) electrons. The maximum absolute atomic E-state index is 10.3. The zero-order valence-corrected chi connectivity index (χ0v) is 6.14. The van der Waals surface area contributed by atoms with Gasteiger partial charge in [0.2, 0.25) is 5.91 Å². The Kier molecular flexibility index (Phi) is 7.03. The number of hydrogen-bond acceptors (Lipinski definition) is 3. The van der Waals surface area contributed by atoms with Crippen molar-refractivity contribution in [3.05, 3.63) is 0 Å². The summed E-state index contributed by atoms with van der Waals surface area (Å²) in [6.07, 6.45) is 0.299. The number of carbonyl (C=O) groups is 2. The van der Waals surface area contributed by atoms with E-state index in [4.69, 9.17) is 0 Å². The molecule has 0 aliphatic rings. The highest BCUT2D eigenvalue weighted by Crippen LogP contribution is 1.71. The van der Waals surface area contributed by atoms with Gasteiger partial charge in [-0.3, -0.25) is 4.79 Å². The van der Waals surface area contributed by atoms with E-state index in [0.29, 0.717) is 6.42 Å². The zero-order valence-electron chi connectivity index (χ0n) is 6.14. The van der Waals surface area contributed by atoms with E-state index in [9.17, 15) is 14.7 Å². The SMILES string of the molecule is CCC(=O)NCC(=O)[O-].[NH4+]. The fraction of sp³-hybridized carbons (Fsp3) is 0.600. The molecule has 0 aromatic carbocycles. The summed E-state index contributed by atoms with van der Waals surface area (Å²) in [5, 5.41) is 11.8. The molecule has 0 aromatic rings. The summed E-state index contributed by atoms with van der Waals surface area (Å²) in [5.41, 5.74) is 0. The van der Waals surface area contributed by atoms with E-state index in [0.717, 1.165) is 0 Å². The molecule has 10 heavy (non-hydrogen) atoms. The highest BCUT2D eigenvalue weighted by Gasteiger charge is 1.92. The number of carboxylic acid groups (broad SMARTS) is 1. The van der Waals surface area contributed by atoms with Gasteiger partial charge in [-0.2, -0.15) is 0 Å². The molecular weight excluding hydrogens is 136 g/mol. The average Bonchev–Trinajstić information content (AvgIpc) is 1.83. The first-order chi connectivity index (χ1) is 4.16. The van der Waals surface area contributed by atoms with Crippen LogP contribution < -0.4 is 16.6 Å². The second kappa shape index (κ2) is 6.03. The Morgan fingerprint density at radius 1 is 1.50 bits per heavy atom. The molecule has 0 spiro atoms. The predicted octanol–water partition coefficient (Wildman–Crippen LogP) is -1.36. The van der Waals surface area contributed by atoms with Crippen LogP contribution in [0.4, 0.5) is 0 Å². The lowest BCUT2D eigenvalue weighted by Gasteiger charge is -2.01. The molecule has 0 aliphatic carbocycles. The van der Waals surface area contributed by atoms with Gasteiger partial charge in [0, 0.05) is 6.42 Å². The first-order valence-electron chi connectivity index (χ1n) is 2.63. The van der Waals surface area contributed by atoms with Gasteiger partial charge in [0.25, 0.3) is 0 Å². The Morgan fingerprint density at radius 3 is 2.30 bits per heavy atom. The van der Waals surface area contributed by atoms with Crippen LogP contribution in [-0.4, -0.2) is 18.4 Å². The third kappa shape index (κ3) is 6.90. The summed E-state index contributed by atoms with van der Waals surface area (Å²) in [6, 6.07) is 0. The first kappa shape index (κ1) is 11.7. The third-order valence-corrected chi connectivity index (χ3v) is 0.751. The molecule has 0 aromatic heterocycles. The molecule has 0 unspecified atom stereocenters. The minimum Gasteiger partial charge on any atom is -0.548 e. The van der Waals surface area contributed by atoms with Crippen LogP contribution in [-0.2, 0) is 9.59 Å². The van der Waals surface area contributed by atoms with Gasteiger partial charge >= 0.3 is 0 Å². The van der Waals surface area contributed by atoms with Gasteiger partial charge < -0.3 is 21.4 Å². The first-order valence-corrected chi connectivity index (χ1v) is 2.63. The average molecular weight is 148 g/mol. The van der Waals surface area contributed by atoms with Crippen LogP contribution in [0.1, 0.15) is 13.3 Å². The standard InChI is InChI=1S/C5H9NO3.H3N/c1-2-4(7)6-3-5(8)9;/h2-3H2,1H3,(H,6,7)(H,8,9);1H3. The van der Waals surface area contributed by atoms with E-state index >= 15 is 0 Å². The lowest BCUT2D eigenvalue weighted by atomic mass is 10.4. The molecule has 5 nitrogen and oxygen atoms in total. The van der Waals surface area contributed by atoms with Crippen LogP contribution in [0.25, 0.3) is 0 Å². The number of amides is 1. The minimum atomic E-state index is -1.27. The van der Waals surface area contributed by atoms with Gasteiger partial charge in [-0.05, 0) is 0 Å². The van der Waals surface area contributed by atoms with Crippen molar-refractivity contribution in [2.75, 3.05) is 6.54 Å². The Hall–Kier alpha value is -1.10. The predicted molar refractivity (Wildman–Crippen MR) is 34.3 cm³/mol. The summed E-state index contributed by atoms with van der Waals surface area (Å²) < 4.78 is 0. The summed E-state index contributed by atoms with van der Waals surface area (Å²) in [5.74, 6) is -1.55. The van der Waals surface area contributed by atoms with Crippen molar-refractivity contribution in [2.45, 2.75) is 13.3 Å². The normalized spacial score (nSPS) is 7.70. The van der Waals surface area contributed by atoms with Gasteiger partial charge in [-0.15, -0.1) is 0 Å². The fourth-order valence-corrected chi connectivity index (χ4v) is 0.296. The Morgan fingerprint density at radius 2 is 2.00 bits per heavy atom. The molecule has 0 saturated heterocycles. The van der Waals surface area contributed by atoms with Crippen LogP contribution in [0.5, 0.6) is 0 Å². The van der Waals surface area contributed by atoms with Crippen molar-refractivity contribution in [3.8, 4) is 0 Å². The lowest BCUT2D eigenvalue weighted by Crippen LogP contribution is -2.37. The lowest BCUT2D eigenvalue weighted by molar-refractivity contribution is -0.304. The van der Waals surface area contributed by atoms with Gasteiger partial charge in [0.15, 0.2) is 0 Å². The summed E-state index contributed by atoms with van der Waals surface area (Å²) in [4.78, 5) is 20.0. The van der Waals surface area contributed by atoms with Crippen LogP contribution >= 0.6 is 0 Å². The largest absolute Gasteiger partial charge is 0.548 e. The van der Waals surface area contributed by atoms with Gasteiger partial charge in [-0.25, -0.2) is 0 Å². The van der Waals surface area contributed by atoms with Crippen molar-refractivity contribution in [1.82, 2.24) is 11.5 Å². The summed E-state index contributed by atoms with van der Waals surface area (Å²) in [6.45, 7) is 1.25. The fourth-order valence-electron chi connectivity index (χ4n) is 0.296. The number of carbonyl (C=O) groups excluding carboxylic acids is 2. The second-order valence-electron chi connectivity index (χ2n) is 1.50. The van der Waals surface area contributed by atoms with Crippen molar-refractivity contribution < 1.29 is 14.7 Å². The van der Waals surface area contributed by atoms with E-state index in [1.165, 1.54) is 0 Å². The second-order valence-corrected chi connectivity index (χ2v) is 1.50. The monoisotopic (exact) mass is 148 g/mol. The van der Waals surface area contributed by atoms with E-state index < -0.39 is 12.5 Å². The van der Waals surface area contributed by atoms with Crippen molar-refractivity contribution >= 4 is 11.9 Å². The molecule has 5 heteroatoms. The number of quaternary nitrogens is 1. The molecule has 5 N–H and O–H groups in total. The molecular formula is C5H12N2O3. The molecule has 0 fully saturated rings. The van der Waals surface area contributed by atoms with Crippen LogP contribution in [0.15, 0.2) is 0 Å². The number of nitrogens with one attached hydrogen (secondary N) is 1.